The zero-order chi connectivity index (χ0) is 11.3. The van der Waals surface area contributed by atoms with Gasteiger partial charge in [0.2, 0.25) is 0 Å². The summed E-state index contributed by atoms with van der Waals surface area (Å²) >= 11 is 0. The van der Waals surface area contributed by atoms with Crippen LogP contribution >= 0.6 is 0 Å². The molecule has 1 N–H and O–H groups in total. The van der Waals surface area contributed by atoms with Crippen LogP contribution in [0, 0.1) is 11.8 Å². The second kappa shape index (κ2) is 6.12. The minimum atomic E-state index is -0.384. The van der Waals surface area contributed by atoms with Crippen molar-refractivity contribution in [2.45, 2.75) is 52.1 Å². The smallest absolute Gasteiger partial charge is 0.0804 e. The van der Waals surface area contributed by atoms with E-state index in [9.17, 15) is 5.11 Å². The summed E-state index contributed by atoms with van der Waals surface area (Å²) in [6, 6.07) is 0. The standard InChI is InChI=1S/C14H24O/c1-11(2)14(15)12(3)9-10-13-7-5-4-6-8-13/h9-10,12-15H,1,4-8H2,2-3H3/t12-,14-/m0/s1. The van der Waals surface area contributed by atoms with Crippen LogP contribution in [0.4, 0.5) is 0 Å². The van der Waals surface area contributed by atoms with Crippen molar-refractivity contribution in [3.05, 3.63) is 24.3 Å². The molecule has 1 aliphatic carbocycles. The Hall–Kier alpha value is -0.560. The van der Waals surface area contributed by atoms with Crippen LogP contribution in [-0.4, -0.2) is 11.2 Å². The molecule has 0 heterocycles. The number of aliphatic hydroxyl groups excluding tert-OH is 1. The molecule has 0 aromatic carbocycles. The molecule has 1 rings (SSSR count). The molecule has 1 fully saturated rings. The summed E-state index contributed by atoms with van der Waals surface area (Å²) in [5.74, 6) is 0.947. The van der Waals surface area contributed by atoms with E-state index in [4.69, 9.17) is 0 Å². The molecule has 1 aliphatic rings. The molecule has 0 amide bonds. The Kier molecular flexibility index (Phi) is 5.10. The van der Waals surface area contributed by atoms with Crippen molar-refractivity contribution in [2.24, 2.45) is 11.8 Å². The van der Waals surface area contributed by atoms with Crippen molar-refractivity contribution in [2.75, 3.05) is 0 Å². The fraction of sp³-hybridized carbons (Fsp3) is 0.714. The average Bonchev–Trinajstić information content (AvgIpc) is 2.26. The second-order valence-electron chi connectivity index (χ2n) is 4.93. The molecule has 2 atom stereocenters. The van der Waals surface area contributed by atoms with Crippen molar-refractivity contribution in [3.63, 3.8) is 0 Å². The molecule has 1 saturated carbocycles. The van der Waals surface area contributed by atoms with Crippen molar-refractivity contribution in [1.29, 1.82) is 0 Å². The van der Waals surface area contributed by atoms with E-state index in [2.05, 4.69) is 25.7 Å². The zero-order valence-corrected chi connectivity index (χ0v) is 10.1. The molecular weight excluding hydrogens is 184 g/mol. The highest BCUT2D eigenvalue weighted by Gasteiger charge is 2.14. The van der Waals surface area contributed by atoms with E-state index in [1.807, 2.05) is 6.92 Å². The van der Waals surface area contributed by atoms with Gasteiger partial charge in [-0.25, -0.2) is 0 Å². The van der Waals surface area contributed by atoms with Crippen molar-refractivity contribution < 1.29 is 5.11 Å². The highest BCUT2D eigenvalue weighted by Crippen LogP contribution is 2.25. The van der Waals surface area contributed by atoms with Crippen LogP contribution in [0.2, 0.25) is 0 Å². The van der Waals surface area contributed by atoms with Crippen LogP contribution in [0.25, 0.3) is 0 Å². The molecule has 0 aliphatic heterocycles. The number of aliphatic hydroxyl groups is 1. The van der Waals surface area contributed by atoms with Gasteiger partial charge in [0.25, 0.3) is 0 Å². The van der Waals surface area contributed by atoms with E-state index in [0.717, 1.165) is 11.5 Å². The van der Waals surface area contributed by atoms with Gasteiger partial charge in [-0.1, -0.05) is 50.5 Å². The molecule has 1 heteroatoms. The van der Waals surface area contributed by atoms with Gasteiger partial charge in [0, 0.05) is 5.92 Å². The summed E-state index contributed by atoms with van der Waals surface area (Å²) in [7, 11) is 0. The molecule has 0 aromatic heterocycles. The number of allylic oxidation sites excluding steroid dienone is 1. The topological polar surface area (TPSA) is 20.2 Å². The van der Waals surface area contributed by atoms with Crippen LogP contribution in [-0.2, 0) is 0 Å². The molecule has 1 nitrogen and oxygen atoms in total. The summed E-state index contributed by atoms with van der Waals surface area (Å²) in [5, 5.41) is 9.77. The van der Waals surface area contributed by atoms with E-state index in [0.29, 0.717) is 0 Å². The fourth-order valence-electron chi connectivity index (χ4n) is 2.21. The SMILES string of the molecule is C=C(C)[C@H](O)[C@@H](C)C=CC1CCCCC1. The molecule has 0 aromatic rings. The predicted octanol–water partition coefficient (Wildman–Crippen LogP) is 3.70. The number of rotatable bonds is 4. The largest absolute Gasteiger partial charge is 0.388 e. The van der Waals surface area contributed by atoms with E-state index >= 15 is 0 Å². The summed E-state index contributed by atoms with van der Waals surface area (Å²) in [6.45, 7) is 7.73. The Morgan fingerprint density at radius 2 is 1.93 bits per heavy atom. The van der Waals surface area contributed by atoms with Crippen LogP contribution < -0.4 is 0 Å². The van der Waals surface area contributed by atoms with Crippen LogP contribution in [0.15, 0.2) is 24.3 Å². The summed E-state index contributed by atoms with van der Waals surface area (Å²) in [5.41, 5.74) is 0.857. The van der Waals surface area contributed by atoms with Gasteiger partial charge >= 0.3 is 0 Å². The highest BCUT2D eigenvalue weighted by molar-refractivity contribution is 5.05. The Labute approximate surface area is 93.9 Å². The van der Waals surface area contributed by atoms with Crippen molar-refractivity contribution >= 4 is 0 Å². The first-order chi connectivity index (χ1) is 7.11. The summed E-state index contributed by atoms with van der Waals surface area (Å²) < 4.78 is 0. The minimum Gasteiger partial charge on any atom is -0.388 e. The molecule has 0 radical (unpaired) electrons. The lowest BCUT2D eigenvalue weighted by Gasteiger charge is -2.20. The van der Waals surface area contributed by atoms with Crippen LogP contribution in [0.1, 0.15) is 46.0 Å². The van der Waals surface area contributed by atoms with Crippen LogP contribution in [0.3, 0.4) is 0 Å². The lowest BCUT2D eigenvalue weighted by Crippen LogP contribution is -2.16. The van der Waals surface area contributed by atoms with Gasteiger partial charge in [0.1, 0.15) is 0 Å². The van der Waals surface area contributed by atoms with E-state index < -0.39 is 0 Å². The van der Waals surface area contributed by atoms with Gasteiger partial charge in [-0.3, -0.25) is 0 Å². The van der Waals surface area contributed by atoms with E-state index in [-0.39, 0.29) is 12.0 Å². The second-order valence-corrected chi connectivity index (χ2v) is 4.93. The third-order valence-corrected chi connectivity index (χ3v) is 3.34. The van der Waals surface area contributed by atoms with Gasteiger partial charge in [0.05, 0.1) is 6.10 Å². The van der Waals surface area contributed by atoms with Crippen molar-refractivity contribution in [3.8, 4) is 0 Å². The minimum absolute atomic E-state index is 0.199. The van der Waals surface area contributed by atoms with Gasteiger partial charge in [-0.05, 0) is 25.7 Å². The molecular formula is C14H24O. The third kappa shape index (κ3) is 4.21. The fourth-order valence-corrected chi connectivity index (χ4v) is 2.21. The first kappa shape index (κ1) is 12.5. The molecule has 0 saturated heterocycles. The van der Waals surface area contributed by atoms with Gasteiger partial charge < -0.3 is 5.11 Å². The Morgan fingerprint density at radius 1 is 1.33 bits per heavy atom. The molecule has 15 heavy (non-hydrogen) atoms. The summed E-state index contributed by atoms with van der Waals surface area (Å²) in [4.78, 5) is 0. The molecule has 0 spiro atoms. The first-order valence-corrected chi connectivity index (χ1v) is 6.13. The normalized spacial score (nSPS) is 22.9. The van der Waals surface area contributed by atoms with Crippen molar-refractivity contribution in [1.82, 2.24) is 0 Å². The quantitative estimate of drug-likeness (QED) is 0.698. The van der Waals surface area contributed by atoms with Gasteiger partial charge in [0.15, 0.2) is 0 Å². The molecule has 0 bridgehead atoms. The highest BCUT2D eigenvalue weighted by atomic mass is 16.3. The third-order valence-electron chi connectivity index (χ3n) is 3.34. The first-order valence-electron chi connectivity index (χ1n) is 6.13. The Balaban J connectivity index is 2.38. The average molecular weight is 208 g/mol. The van der Waals surface area contributed by atoms with Crippen LogP contribution in [0.5, 0.6) is 0 Å². The Bertz CT molecular complexity index is 223. The predicted molar refractivity (Wildman–Crippen MR) is 65.7 cm³/mol. The Morgan fingerprint density at radius 3 is 2.47 bits per heavy atom. The monoisotopic (exact) mass is 208 g/mol. The summed E-state index contributed by atoms with van der Waals surface area (Å²) in [6.07, 6.45) is 10.9. The number of hydrogen-bond acceptors (Lipinski definition) is 1. The van der Waals surface area contributed by atoms with Gasteiger partial charge in [-0.2, -0.15) is 0 Å². The van der Waals surface area contributed by atoms with E-state index in [1.54, 1.807) is 0 Å². The lowest BCUT2D eigenvalue weighted by molar-refractivity contribution is 0.173. The lowest BCUT2D eigenvalue weighted by atomic mass is 9.87. The van der Waals surface area contributed by atoms with E-state index in [1.165, 1.54) is 32.1 Å². The molecule has 86 valence electrons. The maximum absolute atomic E-state index is 9.77. The maximum Gasteiger partial charge on any atom is 0.0804 e. The molecule has 0 unspecified atom stereocenters. The van der Waals surface area contributed by atoms with Gasteiger partial charge in [-0.15, -0.1) is 0 Å². The number of hydrogen-bond donors (Lipinski definition) is 1. The zero-order valence-electron chi connectivity index (χ0n) is 10.1. The maximum atomic E-state index is 9.77.